The van der Waals surface area contributed by atoms with Crippen molar-refractivity contribution in [3.63, 3.8) is 0 Å². The molecule has 0 heterocycles. The summed E-state index contributed by atoms with van der Waals surface area (Å²) in [5.41, 5.74) is 0. The Kier molecular flexibility index (Phi) is 42.5. The molecule has 19 heavy (non-hydrogen) atoms. The highest BCUT2D eigenvalue weighted by Gasteiger charge is 1.96. The summed E-state index contributed by atoms with van der Waals surface area (Å²) in [4.78, 5) is 21.3. The number of carbonyl (C=O) groups is 2. The fourth-order valence-electron chi connectivity index (χ4n) is 1.03. The molecule has 0 aromatic carbocycles. The van der Waals surface area contributed by atoms with Gasteiger partial charge in [0.25, 0.3) is 0 Å². The van der Waals surface area contributed by atoms with Crippen LogP contribution in [0.3, 0.4) is 0 Å². The van der Waals surface area contributed by atoms with Crippen molar-refractivity contribution < 1.29 is 9.59 Å². The van der Waals surface area contributed by atoms with Crippen molar-refractivity contribution in [3.05, 3.63) is 0 Å². The highest BCUT2D eigenvalue weighted by Crippen LogP contribution is 1.99. The third-order valence-corrected chi connectivity index (χ3v) is 1.85. The van der Waals surface area contributed by atoms with Crippen molar-refractivity contribution in [2.24, 2.45) is 0 Å². The largest absolute Gasteiger partial charge is 0.356 e. The van der Waals surface area contributed by atoms with Gasteiger partial charge in [0.1, 0.15) is 5.78 Å². The molecule has 0 aliphatic carbocycles. The van der Waals surface area contributed by atoms with Gasteiger partial charge in [-0.25, -0.2) is 0 Å². The summed E-state index contributed by atoms with van der Waals surface area (Å²) < 4.78 is 0. The predicted octanol–water partition coefficient (Wildman–Crippen LogP) is 4.74. The summed E-state index contributed by atoms with van der Waals surface area (Å²) in [6.07, 6.45) is 4.15. The SMILES string of the molecule is CC.CC.CC.CCC(=O)NCCCCCC(C)=O. The van der Waals surface area contributed by atoms with Gasteiger partial charge in [0.15, 0.2) is 0 Å². The van der Waals surface area contributed by atoms with Gasteiger partial charge >= 0.3 is 0 Å². The number of amides is 1. The highest BCUT2D eigenvalue weighted by atomic mass is 16.1. The van der Waals surface area contributed by atoms with Gasteiger partial charge in [-0.1, -0.05) is 54.9 Å². The van der Waals surface area contributed by atoms with E-state index in [2.05, 4.69) is 5.32 Å². The van der Waals surface area contributed by atoms with Crippen LogP contribution in [-0.2, 0) is 9.59 Å². The Bertz CT molecular complexity index is 168. The maximum Gasteiger partial charge on any atom is 0.219 e. The first-order valence-corrected chi connectivity index (χ1v) is 7.93. The van der Waals surface area contributed by atoms with Gasteiger partial charge in [0.2, 0.25) is 5.91 Å². The topological polar surface area (TPSA) is 46.2 Å². The lowest BCUT2D eigenvalue weighted by molar-refractivity contribution is -0.121. The Morgan fingerprint density at radius 1 is 0.842 bits per heavy atom. The average molecular weight is 275 g/mol. The van der Waals surface area contributed by atoms with Crippen LogP contribution in [-0.4, -0.2) is 18.2 Å². The van der Waals surface area contributed by atoms with Crippen LogP contribution < -0.4 is 5.32 Å². The molecule has 0 aliphatic heterocycles. The molecular formula is C16H37NO2. The van der Waals surface area contributed by atoms with Gasteiger partial charge < -0.3 is 10.1 Å². The van der Waals surface area contributed by atoms with E-state index in [0.717, 1.165) is 25.8 Å². The first-order chi connectivity index (χ1) is 9.16. The Hall–Kier alpha value is -0.860. The summed E-state index contributed by atoms with van der Waals surface area (Å²) in [5, 5.41) is 2.80. The van der Waals surface area contributed by atoms with Gasteiger partial charge in [-0.05, 0) is 19.8 Å². The van der Waals surface area contributed by atoms with Crippen LogP contribution in [0.5, 0.6) is 0 Å². The van der Waals surface area contributed by atoms with Crippen LogP contribution in [0.15, 0.2) is 0 Å². The number of rotatable bonds is 7. The standard InChI is InChI=1S/C10H19NO2.3C2H6/c1-3-10(13)11-8-6-4-5-7-9(2)12;3*1-2/h3-8H2,1-2H3,(H,11,13);3*1-2H3. The third-order valence-electron chi connectivity index (χ3n) is 1.85. The maximum atomic E-state index is 10.8. The third kappa shape index (κ3) is 38.2. The Balaban J connectivity index is -0.000000163. The number of ketones is 1. The molecule has 0 saturated heterocycles. The van der Waals surface area contributed by atoms with Crippen LogP contribution in [0.25, 0.3) is 0 Å². The summed E-state index contributed by atoms with van der Waals surface area (Å²) >= 11 is 0. The van der Waals surface area contributed by atoms with E-state index >= 15 is 0 Å². The van der Waals surface area contributed by atoms with Crippen molar-refractivity contribution in [1.82, 2.24) is 5.32 Å². The van der Waals surface area contributed by atoms with E-state index in [1.54, 1.807) is 6.92 Å². The van der Waals surface area contributed by atoms with Crippen molar-refractivity contribution in [1.29, 1.82) is 0 Å². The van der Waals surface area contributed by atoms with E-state index in [4.69, 9.17) is 0 Å². The second-order valence-electron chi connectivity index (χ2n) is 3.22. The van der Waals surface area contributed by atoms with E-state index in [1.807, 2.05) is 48.5 Å². The molecule has 0 unspecified atom stereocenters. The van der Waals surface area contributed by atoms with Crippen molar-refractivity contribution in [2.75, 3.05) is 6.54 Å². The highest BCUT2D eigenvalue weighted by molar-refractivity contribution is 5.75. The van der Waals surface area contributed by atoms with Gasteiger partial charge in [-0.15, -0.1) is 0 Å². The minimum absolute atomic E-state index is 0.103. The summed E-state index contributed by atoms with van der Waals surface area (Å²) in [5.74, 6) is 0.351. The van der Waals surface area contributed by atoms with Crippen LogP contribution in [0, 0.1) is 0 Å². The van der Waals surface area contributed by atoms with Gasteiger partial charge in [-0.3, -0.25) is 4.79 Å². The molecule has 3 heteroatoms. The maximum absolute atomic E-state index is 10.8. The Labute approximate surface area is 121 Å². The zero-order chi connectivity index (χ0) is 16.1. The zero-order valence-electron chi connectivity index (χ0n) is 14.6. The van der Waals surface area contributed by atoms with E-state index in [1.165, 1.54) is 0 Å². The van der Waals surface area contributed by atoms with Crippen molar-refractivity contribution in [2.45, 2.75) is 87.5 Å². The van der Waals surface area contributed by atoms with Crippen LogP contribution in [0.2, 0.25) is 0 Å². The molecule has 118 valence electrons. The van der Waals surface area contributed by atoms with Crippen molar-refractivity contribution >= 4 is 11.7 Å². The minimum atomic E-state index is 0.103. The molecule has 0 saturated carbocycles. The summed E-state index contributed by atoms with van der Waals surface area (Å²) in [7, 11) is 0. The Morgan fingerprint density at radius 2 is 1.32 bits per heavy atom. The second kappa shape index (κ2) is 30.3. The van der Waals surface area contributed by atoms with Crippen LogP contribution >= 0.6 is 0 Å². The normalized spacial score (nSPS) is 7.58. The van der Waals surface area contributed by atoms with Crippen LogP contribution in [0.4, 0.5) is 0 Å². The molecule has 0 aliphatic rings. The van der Waals surface area contributed by atoms with Gasteiger partial charge in [0.05, 0.1) is 0 Å². The summed E-state index contributed by atoms with van der Waals surface area (Å²) in [6.45, 7) is 16.2. The zero-order valence-corrected chi connectivity index (χ0v) is 14.6. The molecule has 0 rings (SSSR count). The van der Waals surface area contributed by atoms with Crippen molar-refractivity contribution in [3.8, 4) is 0 Å². The second-order valence-corrected chi connectivity index (χ2v) is 3.22. The van der Waals surface area contributed by atoms with E-state index in [9.17, 15) is 9.59 Å². The molecule has 0 atom stereocenters. The number of Topliss-reactive ketones (excluding diaryl/α,β-unsaturated/α-hetero) is 1. The molecule has 0 fully saturated rings. The number of nitrogens with one attached hydrogen (secondary N) is 1. The van der Waals surface area contributed by atoms with Gasteiger partial charge in [-0.2, -0.15) is 0 Å². The predicted molar refractivity (Wildman–Crippen MR) is 86.5 cm³/mol. The number of hydrogen-bond donors (Lipinski definition) is 1. The first kappa shape index (κ1) is 26.7. The van der Waals surface area contributed by atoms with Gasteiger partial charge in [0, 0.05) is 19.4 Å². The molecule has 1 N–H and O–H groups in total. The number of unbranched alkanes of at least 4 members (excludes halogenated alkanes) is 2. The monoisotopic (exact) mass is 275 g/mol. The molecule has 0 aromatic heterocycles. The molecule has 0 spiro atoms. The fraction of sp³-hybridized carbons (Fsp3) is 0.875. The number of hydrogen-bond acceptors (Lipinski definition) is 2. The minimum Gasteiger partial charge on any atom is -0.356 e. The lowest BCUT2D eigenvalue weighted by Gasteiger charge is -2.02. The quantitative estimate of drug-likeness (QED) is 0.682. The average Bonchev–Trinajstić information content (AvgIpc) is 2.48. The first-order valence-electron chi connectivity index (χ1n) is 7.93. The molecule has 3 nitrogen and oxygen atoms in total. The smallest absolute Gasteiger partial charge is 0.219 e. The van der Waals surface area contributed by atoms with E-state index in [0.29, 0.717) is 12.8 Å². The molecule has 0 bridgehead atoms. The summed E-state index contributed by atoms with van der Waals surface area (Å²) in [6, 6.07) is 0. The molecule has 0 radical (unpaired) electrons. The molecular weight excluding hydrogens is 238 g/mol. The number of carbonyl (C=O) groups excluding carboxylic acids is 2. The van der Waals surface area contributed by atoms with Crippen LogP contribution in [0.1, 0.15) is 87.5 Å². The lowest BCUT2D eigenvalue weighted by atomic mass is 10.1. The van der Waals surface area contributed by atoms with E-state index < -0.39 is 0 Å². The Morgan fingerprint density at radius 3 is 1.68 bits per heavy atom. The molecule has 0 aromatic rings. The fourth-order valence-corrected chi connectivity index (χ4v) is 1.03. The van der Waals surface area contributed by atoms with E-state index in [-0.39, 0.29) is 11.7 Å². The lowest BCUT2D eigenvalue weighted by Crippen LogP contribution is -2.23. The molecule has 1 amide bonds.